The standard InChI is InChI=1S/C35H40N6O4/c1-25(2)41-35(44)40(24-36-41)30-16-14-29(15-17-30)37-18-20-38(21-19-37)33(27-8-5-4-6-9-27)34(43)39(23-32(42)45-3)31-13-12-26-10-7-11-28(26)22-31/h4-6,8-9,12-17,22,24-25,33H,7,10-11,18-21,23H2,1-3H3. The Labute approximate surface area is 263 Å². The molecule has 2 heterocycles. The summed E-state index contributed by atoms with van der Waals surface area (Å²) in [6, 6.07) is 23.3. The third-order valence-electron chi connectivity index (χ3n) is 8.88. The predicted octanol–water partition coefficient (Wildman–Crippen LogP) is 4.17. The second-order valence-corrected chi connectivity index (χ2v) is 12.0. The lowest BCUT2D eigenvalue weighted by molar-refractivity contribution is -0.140. The first-order valence-electron chi connectivity index (χ1n) is 15.6. The van der Waals surface area contributed by atoms with Gasteiger partial charge in [-0.25, -0.2) is 14.0 Å². The lowest BCUT2D eigenvalue weighted by Crippen LogP contribution is -2.52. The Hall–Kier alpha value is -4.70. The summed E-state index contributed by atoms with van der Waals surface area (Å²) in [6.45, 7) is 6.47. The number of aryl methyl sites for hydroxylation is 2. The van der Waals surface area contributed by atoms with E-state index in [9.17, 15) is 14.4 Å². The van der Waals surface area contributed by atoms with Gasteiger partial charge in [0.05, 0.1) is 18.8 Å². The molecule has 4 aromatic rings. The van der Waals surface area contributed by atoms with Gasteiger partial charge in [-0.05, 0) is 86.2 Å². The third kappa shape index (κ3) is 6.28. The summed E-state index contributed by atoms with van der Waals surface area (Å²) >= 11 is 0. The molecule has 3 aromatic carbocycles. The minimum absolute atomic E-state index is 0.0122. The molecular weight excluding hydrogens is 568 g/mol. The van der Waals surface area contributed by atoms with Gasteiger partial charge in [0.2, 0.25) is 5.91 Å². The van der Waals surface area contributed by atoms with Gasteiger partial charge in [0.15, 0.2) is 0 Å². The van der Waals surface area contributed by atoms with Gasteiger partial charge in [-0.2, -0.15) is 5.10 Å². The zero-order valence-electron chi connectivity index (χ0n) is 26.1. The van der Waals surface area contributed by atoms with Gasteiger partial charge < -0.3 is 9.64 Å². The van der Waals surface area contributed by atoms with Crippen LogP contribution in [0.5, 0.6) is 0 Å². The fourth-order valence-corrected chi connectivity index (χ4v) is 6.42. The van der Waals surface area contributed by atoms with Crippen LogP contribution < -0.4 is 15.5 Å². The molecule has 45 heavy (non-hydrogen) atoms. The number of fused-ring (bicyclic) bond motifs is 1. The van der Waals surface area contributed by atoms with E-state index in [0.717, 1.165) is 55.0 Å². The van der Waals surface area contributed by atoms with E-state index in [4.69, 9.17) is 4.74 Å². The predicted molar refractivity (Wildman–Crippen MR) is 174 cm³/mol. The van der Waals surface area contributed by atoms with Crippen molar-refractivity contribution >= 4 is 23.3 Å². The Morgan fingerprint density at radius 3 is 2.24 bits per heavy atom. The molecule has 1 aromatic heterocycles. The molecule has 0 N–H and O–H groups in total. The van der Waals surface area contributed by atoms with Crippen molar-refractivity contribution in [1.82, 2.24) is 19.2 Å². The van der Waals surface area contributed by atoms with E-state index in [1.165, 1.54) is 22.9 Å². The number of aromatic nitrogens is 3. The van der Waals surface area contributed by atoms with E-state index >= 15 is 0 Å². The molecule has 1 aliphatic carbocycles. The Morgan fingerprint density at radius 2 is 1.58 bits per heavy atom. The van der Waals surface area contributed by atoms with Crippen molar-refractivity contribution in [3.05, 3.63) is 106 Å². The van der Waals surface area contributed by atoms with Crippen molar-refractivity contribution in [3.63, 3.8) is 0 Å². The number of carbonyl (C=O) groups excluding carboxylic acids is 2. The summed E-state index contributed by atoms with van der Waals surface area (Å²) in [5.74, 6) is -0.600. The number of nitrogens with zero attached hydrogens (tertiary/aromatic N) is 6. The molecule has 10 heteroatoms. The van der Waals surface area contributed by atoms with Gasteiger partial charge >= 0.3 is 11.7 Å². The Bertz CT molecular complexity index is 1700. The molecular formula is C35H40N6O4. The van der Waals surface area contributed by atoms with E-state index in [-0.39, 0.29) is 24.2 Å². The second kappa shape index (κ2) is 13.1. The van der Waals surface area contributed by atoms with Crippen molar-refractivity contribution in [1.29, 1.82) is 0 Å². The van der Waals surface area contributed by atoms with Gasteiger partial charge in [0, 0.05) is 37.6 Å². The van der Waals surface area contributed by atoms with Crippen LogP contribution in [0, 0.1) is 0 Å². The van der Waals surface area contributed by atoms with E-state index < -0.39 is 12.0 Å². The van der Waals surface area contributed by atoms with Crippen molar-refractivity contribution < 1.29 is 14.3 Å². The van der Waals surface area contributed by atoms with Crippen LogP contribution >= 0.6 is 0 Å². The molecule has 1 unspecified atom stereocenters. The van der Waals surface area contributed by atoms with Crippen LogP contribution in [0.2, 0.25) is 0 Å². The summed E-state index contributed by atoms with van der Waals surface area (Å²) in [7, 11) is 1.35. The Morgan fingerprint density at radius 1 is 0.889 bits per heavy atom. The number of methoxy groups -OCH3 is 1. The van der Waals surface area contributed by atoms with Crippen LogP contribution in [0.3, 0.4) is 0 Å². The van der Waals surface area contributed by atoms with Gasteiger partial charge in [-0.15, -0.1) is 0 Å². The number of ether oxygens (including phenoxy) is 1. The van der Waals surface area contributed by atoms with E-state index in [0.29, 0.717) is 13.1 Å². The highest BCUT2D eigenvalue weighted by atomic mass is 16.5. The highest BCUT2D eigenvalue weighted by Gasteiger charge is 2.35. The summed E-state index contributed by atoms with van der Waals surface area (Å²) in [5, 5.41) is 4.23. The molecule has 1 fully saturated rings. The summed E-state index contributed by atoms with van der Waals surface area (Å²) < 4.78 is 8.04. The molecule has 1 aliphatic heterocycles. The molecule has 0 bridgehead atoms. The average Bonchev–Trinajstić information content (AvgIpc) is 3.70. The average molecular weight is 609 g/mol. The van der Waals surface area contributed by atoms with Crippen LogP contribution in [0.25, 0.3) is 5.69 Å². The number of rotatable bonds is 9. The lowest BCUT2D eigenvalue weighted by atomic mass is 10.0. The zero-order valence-corrected chi connectivity index (χ0v) is 26.1. The zero-order chi connectivity index (χ0) is 31.5. The summed E-state index contributed by atoms with van der Waals surface area (Å²) in [5.41, 5.74) is 5.82. The van der Waals surface area contributed by atoms with E-state index in [1.54, 1.807) is 15.8 Å². The van der Waals surface area contributed by atoms with Gasteiger partial charge in [-0.3, -0.25) is 19.4 Å². The van der Waals surface area contributed by atoms with Crippen molar-refractivity contribution in [2.45, 2.75) is 45.2 Å². The van der Waals surface area contributed by atoms with Crippen molar-refractivity contribution in [3.8, 4) is 5.69 Å². The number of carbonyl (C=O) groups is 2. The highest BCUT2D eigenvalue weighted by molar-refractivity contribution is 6.01. The number of amides is 1. The molecule has 1 atom stereocenters. The molecule has 0 spiro atoms. The van der Waals surface area contributed by atoms with E-state index in [1.807, 2.05) is 74.5 Å². The SMILES string of the molecule is COC(=O)CN(C(=O)C(c1ccccc1)N1CCN(c2ccc(-n3cnn(C(C)C)c3=O)cc2)CC1)c1ccc2c(c1)CCC2. The smallest absolute Gasteiger partial charge is 0.350 e. The first-order chi connectivity index (χ1) is 21.8. The maximum absolute atomic E-state index is 14.5. The lowest BCUT2D eigenvalue weighted by Gasteiger charge is -2.41. The van der Waals surface area contributed by atoms with Gasteiger partial charge in [0.25, 0.3) is 0 Å². The number of anilines is 2. The third-order valence-corrected chi connectivity index (χ3v) is 8.88. The summed E-state index contributed by atoms with van der Waals surface area (Å²) in [4.78, 5) is 45.9. The highest BCUT2D eigenvalue weighted by Crippen LogP contribution is 2.31. The Balaban J connectivity index is 1.22. The number of esters is 1. The first kappa shape index (κ1) is 30.3. The molecule has 1 saturated heterocycles. The number of piperazine rings is 1. The first-order valence-corrected chi connectivity index (χ1v) is 15.6. The molecule has 0 saturated carbocycles. The van der Waals surface area contributed by atoms with Crippen LogP contribution in [-0.4, -0.2) is 71.0 Å². The minimum atomic E-state index is -0.557. The van der Waals surface area contributed by atoms with Crippen molar-refractivity contribution in [2.24, 2.45) is 0 Å². The molecule has 234 valence electrons. The quantitative estimate of drug-likeness (QED) is 0.264. The van der Waals surface area contributed by atoms with Gasteiger partial charge in [0.1, 0.15) is 18.9 Å². The topological polar surface area (TPSA) is 92.9 Å². The maximum atomic E-state index is 14.5. The monoisotopic (exact) mass is 608 g/mol. The van der Waals surface area contributed by atoms with E-state index in [2.05, 4.69) is 27.0 Å². The second-order valence-electron chi connectivity index (χ2n) is 12.0. The van der Waals surface area contributed by atoms with Crippen LogP contribution in [-0.2, 0) is 27.2 Å². The molecule has 0 radical (unpaired) electrons. The minimum Gasteiger partial charge on any atom is -0.468 e. The largest absolute Gasteiger partial charge is 0.468 e. The van der Waals surface area contributed by atoms with Crippen LogP contribution in [0.4, 0.5) is 11.4 Å². The fourth-order valence-electron chi connectivity index (χ4n) is 6.42. The van der Waals surface area contributed by atoms with Crippen LogP contribution in [0.15, 0.2) is 83.9 Å². The number of benzene rings is 3. The molecule has 6 rings (SSSR count). The van der Waals surface area contributed by atoms with Gasteiger partial charge in [-0.1, -0.05) is 36.4 Å². The Kier molecular flexibility index (Phi) is 8.84. The molecule has 1 amide bonds. The van der Waals surface area contributed by atoms with Crippen LogP contribution in [0.1, 0.15) is 49.0 Å². The number of hydrogen-bond acceptors (Lipinski definition) is 7. The fraction of sp³-hybridized carbons (Fsp3) is 0.371. The summed E-state index contributed by atoms with van der Waals surface area (Å²) in [6.07, 6.45) is 4.68. The molecule has 2 aliphatic rings. The maximum Gasteiger partial charge on any atom is 0.350 e. The molecule has 10 nitrogen and oxygen atoms in total. The van der Waals surface area contributed by atoms with Crippen molar-refractivity contribution in [2.75, 3.05) is 49.6 Å². The number of hydrogen-bond donors (Lipinski definition) is 0. The normalized spacial score (nSPS) is 15.6.